The molecule has 1 N–H and O–H groups in total. The van der Waals surface area contributed by atoms with Crippen molar-refractivity contribution in [3.8, 4) is 0 Å². The zero-order valence-corrected chi connectivity index (χ0v) is 7.16. The van der Waals surface area contributed by atoms with Crippen molar-refractivity contribution in [1.29, 1.82) is 0 Å². The van der Waals surface area contributed by atoms with E-state index in [1.807, 2.05) is 0 Å². The van der Waals surface area contributed by atoms with E-state index in [1.165, 1.54) is 18.4 Å². The molecule has 2 rings (SSSR count). The monoisotopic (exact) mass is 160 g/mol. The van der Waals surface area contributed by atoms with Crippen molar-refractivity contribution in [3.63, 3.8) is 0 Å². The summed E-state index contributed by atoms with van der Waals surface area (Å²) in [6, 6.07) is 11.1. The normalized spacial score (nSPS) is 23.8. The van der Waals surface area contributed by atoms with Crippen molar-refractivity contribution in [2.75, 3.05) is 6.54 Å². The molecule has 0 spiro atoms. The molecule has 1 nitrogen and oxygen atoms in total. The van der Waals surface area contributed by atoms with Gasteiger partial charge in [0.15, 0.2) is 0 Å². The van der Waals surface area contributed by atoms with Crippen LogP contribution in [0.25, 0.3) is 0 Å². The first-order valence-corrected chi connectivity index (χ1v) is 4.58. The Morgan fingerprint density at radius 3 is 2.67 bits per heavy atom. The lowest BCUT2D eigenvalue weighted by molar-refractivity contribution is 0.499. The Labute approximate surface area is 73.8 Å². The Bertz CT molecular complexity index is 224. The Morgan fingerprint density at radius 1 is 1.17 bits per heavy atom. The van der Waals surface area contributed by atoms with Crippen molar-refractivity contribution in [2.45, 2.75) is 18.9 Å². The largest absolute Gasteiger partial charge is 0.310 e. The van der Waals surface area contributed by atoms with Crippen LogP contribution in [0.2, 0.25) is 0 Å². The van der Waals surface area contributed by atoms with Crippen molar-refractivity contribution < 1.29 is 0 Å². The van der Waals surface area contributed by atoms with Crippen molar-refractivity contribution in [1.82, 2.24) is 5.32 Å². The number of hydrogen-bond donors (Lipinski definition) is 1. The molecular weight excluding hydrogens is 146 g/mol. The second kappa shape index (κ2) is 3.72. The van der Waals surface area contributed by atoms with E-state index < -0.39 is 0 Å². The van der Waals surface area contributed by atoms with Gasteiger partial charge in [-0.25, -0.2) is 0 Å². The van der Waals surface area contributed by atoms with Crippen LogP contribution in [0.3, 0.4) is 0 Å². The number of hydrogen-bond acceptors (Lipinski definition) is 1. The van der Waals surface area contributed by atoms with E-state index in [9.17, 15) is 0 Å². The number of piperidine rings is 1. The fourth-order valence-electron chi connectivity index (χ4n) is 1.64. The predicted octanol–water partition coefficient (Wildman–Crippen LogP) is 2.32. The summed E-state index contributed by atoms with van der Waals surface area (Å²) in [6.07, 6.45) is 4.88. The molecule has 1 heteroatoms. The zero-order valence-electron chi connectivity index (χ0n) is 7.16. The molecule has 1 fully saturated rings. The Hall–Kier alpha value is -0.820. The van der Waals surface area contributed by atoms with Crippen LogP contribution in [-0.2, 0) is 0 Å². The van der Waals surface area contributed by atoms with Crippen LogP contribution in [0, 0.1) is 6.42 Å². The molecule has 0 aliphatic carbocycles. The highest BCUT2D eigenvalue weighted by molar-refractivity contribution is 5.21. The van der Waals surface area contributed by atoms with Gasteiger partial charge >= 0.3 is 0 Å². The molecule has 1 aromatic carbocycles. The van der Waals surface area contributed by atoms with Crippen LogP contribution >= 0.6 is 0 Å². The molecule has 0 aromatic heterocycles. The summed E-state index contributed by atoms with van der Waals surface area (Å²) in [5.41, 5.74) is 1.39. The fraction of sp³-hybridized carbons (Fsp3) is 0.364. The van der Waals surface area contributed by atoms with Crippen LogP contribution in [-0.4, -0.2) is 6.54 Å². The lowest BCUT2D eigenvalue weighted by Crippen LogP contribution is -2.27. The lowest BCUT2D eigenvalue weighted by atomic mass is 9.98. The first-order chi connectivity index (χ1) is 5.97. The van der Waals surface area contributed by atoms with E-state index in [0.29, 0.717) is 6.04 Å². The van der Waals surface area contributed by atoms with Gasteiger partial charge in [-0.05, 0) is 31.4 Å². The maximum atomic E-state index is 3.48. The first kappa shape index (κ1) is 7.81. The highest BCUT2D eigenvalue weighted by atomic mass is 14.9. The minimum Gasteiger partial charge on any atom is -0.310 e. The van der Waals surface area contributed by atoms with Gasteiger partial charge in [-0.2, -0.15) is 0 Å². The molecule has 1 atom stereocenters. The van der Waals surface area contributed by atoms with Gasteiger partial charge in [0, 0.05) is 6.04 Å². The van der Waals surface area contributed by atoms with Crippen LogP contribution in [0.15, 0.2) is 30.3 Å². The van der Waals surface area contributed by atoms with Crippen LogP contribution in [0.5, 0.6) is 0 Å². The molecule has 63 valence electrons. The van der Waals surface area contributed by atoms with Crippen LogP contribution in [0.4, 0.5) is 0 Å². The highest BCUT2D eigenvalue weighted by Gasteiger charge is 2.13. The summed E-state index contributed by atoms with van der Waals surface area (Å²) in [5.74, 6) is 0. The molecular formula is C11H14N. The zero-order chi connectivity index (χ0) is 8.23. The van der Waals surface area contributed by atoms with E-state index in [0.717, 1.165) is 6.54 Å². The minimum absolute atomic E-state index is 0.486. The average molecular weight is 160 g/mol. The van der Waals surface area contributed by atoms with Gasteiger partial charge in [0.1, 0.15) is 0 Å². The summed E-state index contributed by atoms with van der Waals surface area (Å²) in [5, 5.41) is 3.48. The summed E-state index contributed by atoms with van der Waals surface area (Å²) in [6.45, 7) is 1.15. The number of benzene rings is 1. The molecule has 1 heterocycles. The van der Waals surface area contributed by atoms with Crippen LogP contribution < -0.4 is 5.32 Å². The molecule has 1 radical (unpaired) electrons. The molecule has 1 saturated heterocycles. The van der Waals surface area contributed by atoms with Gasteiger partial charge in [0.25, 0.3) is 0 Å². The minimum atomic E-state index is 0.486. The SMILES string of the molecule is [CH]1CCCN[C@@H]1c1ccccc1. The molecule has 0 saturated carbocycles. The standard InChI is InChI=1S/C11H14N/c1-2-6-10(7-3-1)11-8-4-5-9-12-11/h1-3,6-8,11-12H,4-5,9H2/t11-/m0/s1. The van der Waals surface area contributed by atoms with Gasteiger partial charge in [0.05, 0.1) is 0 Å². The third-order valence-corrected chi connectivity index (χ3v) is 2.31. The summed E-state index contributed by atoms with van der Waals surface area (Å²) in [7, 11) is 0. The smallest absolute Gasteiger partial charge is 0.0352 e. The highest BCUT2D eigenvalue weighted by Crippen LogP contribution is 2.20. The Kier molecular flexibility index (Phi) is 2.42. The average Bonchev–Trinajstić information content (AvgIpc) is 2.21. The van der Waals surface area contributed by atoms with Gasteiger partial charge in [-0.3, -0.25) is 0 Å². The molecule has 0 unspecified atom stereocenters. The predicted molar refractivity (Wildman–Crippen MR) is 50.7 cm³/mol. The molecule has 0 bridgehead atoms. The number of nitrogens with one attached hydrogen (secondary N) is 1. The van der Waals surface area contributed by atoms with E-state index in [-0.39, 0.29) is 0 Å². The maximum Gasteiger partial charge on any atom is 0.0352 e. The van der Waals surface area contributed by atoms with E-state index >= 15 is 0 Å². The fourth-order valence-corrected chi connectivity index (χ4v) is 1.64. The van der Waals surface area contributed by atoms with Crippen molar-refractivity contribution in [3.05, 3.63) is 42.3 Å². The first-order valence-electron chi connectivity index (χ1n) is 4.58. The molecule has 12 heavy (non-hydrogen) atoms. The summed E-state index contributed by atoms with van der Waals surface area (Å²) < 4.78 is 0. The second-order valence-electron chi connectivity index (χ2n) is 3.22. The van der Waals surface area contributed by atoms with Crippen LogP contribution in [0.1, 0.15) is 24.4 Å². The van der Waals surface area contributed by atoms with E-state index in [2.05, 4.69) is 42.1 Å². The number of rotatable bonds is 1. The lowest BCUT2D eigenvalue weighted by Gasteiger charge is -2.23. The third kappa shape index (κ3) is 1.67. The molecule has 1 aliphatic rings. The van der Waals surface area contributed by atoms with Gasteiger partial charge in [-0.1, -0.05) is 30.3 Å². The van der Waals surface area contributed by atoms with E-state index in [1.54, 1.807) is 0 Å². The quantitative estimate of drug-likeness (QED) is 0.664. The molecule has 1 aromatic rings. The maximum absolute atomic E-state index is 3.48. The van der Waals surface area contributed by atoms with Gasteiger partial charge in [0.2, 0.25) is 0 Å². The van der Waals surface area contributed by atoms with Gasteiger partial charge in [-0.15, -0.1) is 0 Å². The Balaban J connectivity index is 2.08. The van der Waals surface area contributed by atoms with E-state index in [4.69, 9.17) is 0 Å². The Morgan fingerprint density at radius 2 is 2.00 bits per heavy atom. The topological polar surface area (TPSA) is 12.0 Å². The van der Waals surface area contributed by atoms with Gasteiger partial charge < -0.3 is 5.32 Å². The summed E-state index contributed by atoms with van der Waals surface area (Å²) >= 11 is 0. The summed E-state index contributed by atoms with van der Waals surface area (Å²) in [4.78, 5) is 0. The van der Waals surface area contributed by atoms with Crippen molar-refractivity contribution >= 4 is 0 Å². The van der Waals surface area contributed by atoms with Crippen molar-refractivity contribution in [2.24, 2.45) is 0 Å². The second-order valence-corrected chi connectivity index (χ2v) is 3.22. The third-order valence-electron chi connectivity index (χ3n) is 2.31. The molecule has 1 aliphatic heterocycles. The molecule has 0 amide bonds.